The van der Waals surface area contributed by atoms with Crippen LogP contribution in [0.3, 0.4) is 0 Å². The Bertz CT molecular complexity index is 2430. The molecule has 6 heterocycles. The van der Waals surface area contributed by atoms with Crippen molar-refractivity contribution in [2.75, 3.05) is 39.0 Å². The largest absolute Gasteiger partial charge is 0.454 e. The zero-order chi connectivity index (χ0) is 44.8. The first-order valence-corrected chi connectivity index (χ1v) is 22.4. The molecule has 2 aromatic heterocycles. The molecule has 0 spiro atoms. The van der Waals surface area contributed by atoms with Crippen LogP contribution < -0.4 is 25.0 Å². The van der Waals surface area contributed by atoms with Gasteiger partial charge in [-0.15, -0.1) is 0 Å². The number of carbonyl (C=O) groups is 4. The van der Waals surface area contributed by atoms with Gasteiger partial charge in [0.25, 0.3) is 0 Å². The number of alkyl carbamates (subject to hydrolysis) is 2. The Morgan fingerprint density at radius 2 is 1.12 bits per heavy atom. The Morgan fingerprint density at radius 1 is 0.641 bits per heavy atom. The monoisotopic (exact) mass is 875 g/mol. The van der Waals surface area contributed by atoms with E-state index in [1.165, 1.54) is 14.2 Å². The summed E-state index contributed by atoms with van der Waals surface area (Å²) in [4.78, 5) is 75.3. The van der Waals surface area contributed by atoms with Crippen LogP contribution in [0.2, 0.25) is 0 Å². The molecular formula is C47H57N9O8. The van der Waals surface area contributed by atoms with Gasteiger partial charge in [-0.3, -0.25) is 9.59 Å². The van der Waals surface area contributed by atoms with Gasteiger partial charge in [0.1, 0.15) is 23.7 Å². The van der Waals surface area contributed by atoms with Crippen LogP contribution in [-0.2, 0) is 19.1 Å². The summed E-state index contributed by atoms with van der Waals surface area (Å²) in [6, 6.07) is 17.0. The Labute approximate surface area is 371 Å². The minimum absolute atomic E-state index is 0.000797. The lowest BCUT2D eigenvalue weighted by molar-refractivity contribution is -0.136. The smallest absolute Gasteiger partial charge is 0.407 e. The van der Waals surface area contributed by atoms with Gasteiger partial charge >= 0.3 is 12.2 Å². The fourth-order valence-corrected chi connectivity index (χ4v) is 10.1. The van der Waals surface area contributed by atoms with Crippen molar-refractivity contribution in [3.63, 3.8) is 0 Å². The molecule has 0 aliphatic carbocycles. The summed E-state index contributed by atoms with van der Waals surface area (Å²) in [6.07, 6.45) is 3.67. The predicted octanol–water partition coefficient (Wildman–Crippen LogP) is 7.34. The molecule has 0 bridgehead atoms. The molecule has 338 valence electrons. The van der Waals surface area contributed by atoms with Gasteiger partial charge in [-0.2, -0.15) is 0 Å². The highest BCUT2D eigenvalue weighted by Gasteiger charge is 2.41. The Hall–Kier alpha value is -6.52. The van der Waals surface area contributed by atoms with Gasteiger partial charge in [-0.1, -0.05) is 39.8 Å². The zero-order valence-electron chi connectivity index (χ0n) is 37.2. The van der Waals surface area contributed by atoms with Crippen molar-refractivity contribution in [3.8, 4) is 11.5 Å². The molecule has 6 atom stereocenters. The maximum absolute atomic E-state index is 13.9. The van der Waals surface area contributed by atoms with Gasteiger partial charge in [0.2, 0.25) is 18.6 Å². The van der Waals surface area contributed by atoms with Crippen LogP contribution in [0.4, 0.5) is 15.3 Å². The summed E-state index contributed by atoms with van der Waals surface area (Å²) < 4.78 is 21.2. The molecule has 5 aromatic rings. The maximum Gasteiger partial charge on any atom is 0.407 e. The molecular weight excluding hydrogens is 819 g/mol. The molecule has 4 aliphatic heterocycles. The van der Waals surface area contributed by atoms with Crippen molar-refractivity contribution >= 4 is 51.8 Å². The quantitative estimate of drug-likeness (QED) is 0.104. The SMILES string of the molecule is COC(=O)N[C@H](C(=O)N1CCC[C@H]1c1nc2ccc([C@H]3CC[C@H](c4ccc5nc([C@@H]6CCCN6C(=O)[C@@H](NC(=O)OC)C(C)C)[nH]c5c4)N3c3ccc4c(c3)OCO4)cc2[nH]1)C(C)C. The normalized spacial score (nSPS) is 21.6. The van der Waals surface area contributed by atoms with Crippen molar-refractivity contribution in [3.05, 3.63) is 77.4 Å². The molecule has 4 amide bonds. The van der Waals surface area contributed by atoms with Crippen LogP contribution in [-0.4, -0.2) is 99.9 Å². The standard InChI is InChI=1S/C47H57N9O8/c1-25(2)40(52-46(59)61-5)44(57)54-19-7-9-36(54)42-48-30-14-11-27(21-32(30)50-42)34-16-17-35(56(34)29-13-18-38-39(23-29)64-24-63-38)28-12-15-31-33(22-28)51-43(49-31)37-10-8-20-55(37)45(58)41(26(3)4)53-47(60)62-6/h11-15,18,21-23,25-26,34-37,40-41H,7-10,16-17,19-20,24H2,1-6H3,(H,48,50)(H,49,51)(H,52,59)(H,53,60)/t34-,35-,36+,37+,40+,41+/m1/s1. The molecule has 0 radical (unpaired) electrons. The number of likely N-dealkylation sites (tertiary alicyclic amines) is 2. The van der Waals surface area contributed by atoms with Gasteiger partial charge in [-0.25, -0.2) is 19.6 Å². The predicted molar refractivity (Wildman–Crippen MR) is 238 cm³/mol. The van der Waals surface area contributed by atoms with E-state index in [9.17, 15) is 19.2 Å². The van der Waals surface area contributed by atoms with E-state index in [1.807, 2.05) is 43.6 Å². The average Bonchev–Trinajstić information content (AvgIpc) is 4.15. The number of aromatic nitrogens is 4. The molecule has 9 rings (SSSR count). The third-order valence-corrected chi connectivity index (χ3v) is 13.3. The molecule has 3 saturated heterocycles. The second-order valence-corrected chi connectivity index (χ2v) is 17.9. The number of fused-ring (bicyclic) bond motifs is 3. The fraction of sp³-hybridized carbons (Fsp3) is 0.489. The summed E-state index contributed by atoms with van der Waals surface area (Å²) in [5, 5.41) is 5.46. The number of ether oxygens (including phenoxy) is 4. The number of benzene rings is 3. The molecule has 3 aromatic carbocycles. The summed E-state index contributed by atoms with van der Waals surface area (Å²) >= 11 is 0. The number of hydrogen-bond donors (Lipinski definition) is 4. The lowest BCUT2D eigenvalue weighted by Crippen LogP contribution is -2.51. The van der Waals surface area contributed by atoms with E-state index in [2.05, 4.69) is 74.0 Å². The van der Waals surface area contributed by atoms with Crippen molar-refractivity contribution in [2.24, 2.45) is 11.8 Å². The highest BCUT2D eigenvalue weighted by molar-refractivity contribution is 5.87. The minimum Gasteiger partial charge on any atom is -0.454 e. The van der Waals surface area contributed by atoms with Crippen molar-refractivity contribution < 1.29 is 38.1 Å². The molecule has 17 nitrogen and oxygen atoms in total. The summed E-state index contributed by atoms with van der Waals surface area (Å²) in [6.45, 7) is 8.96. The average molecular weight is 876 g/mol. The van der Waals surface area contributed by atoms with Crippen LogP contribution in [0.5, 0.6) is 11.5 Å². The number of carbonyl (C=O) groups excluding carboxylic acids is 4. The van der Waals surface area contributed by atoms with Gasteiger partial charge in [0.05, 0.1) is 60.5 Å². The van der Waals surface area contributed by atoms with E-state index in [0.717, 1.165) is 89.1 Å². The highest BCUT2D eigenvalue weighted by Crippen LogP contribution is 2.50. The van der Waals surface area contributed by atoms with Crippen LogP contribution in [0, 0.1) is 11.8 Å². The first-order chi connectivity index (χ1) is 30.9. The van der Waals surface area contributed by atoms with E-state index in [1.54, 1.807) is 0 Å². The van der Waals surface area contributed by atoms with Gasteiger partial charge in [0, 0.05) is 24.8 Å². The number of nitrogens with zero attached hydrogens (tertiary/aromatic N) is 5. The summed E-state index contributed by atoms with van der Waals surface area (Å²) in [5.74, 6) is 2.32. The molecule has 0 saturated carbocycles. The van der Waals surface area contributed by atoms with E-state index < -0.39 is 24.3 Å². The lowest BCUT2D eigenvalue weighted by Gasteiger charge is -2.33. The van der Waals surface area contributed by atoms with Crippen LogP contribution >= 0.6 is 0 Å². The highest BCUT2D eigenvalue weighted by atomic mass is 16.7. The number of nitrogens with one attached hydrogen (secondary N) is 4. The second-order valence-electron chi connectivity index (χ2n) is 17.9. The molecule has 17 heteroatoms. The molecule has 64 heavy (non-hydrogen) atoms. The van der Waals surface area contributed by atoms with Gasteiger partial charge in [0.15, 0.2) is 11.5 Å². The van der Waals surface area contributed by atoms with Gasteiger partial charge < -0.3 is 54.2 Å². The van der Waals surface area contributed by atoms with Crippen molar-refractivity contribution in [1.82, 2.24) is 40.4 Å². The van der Waals surface area contributed by atoms with Crippen molar-refractivity contribution in [1.29, 1.82) is 0 Å². The van der Waals surface area contributed by atoms with Crippen LogP contribution in [0.15, 0.2) is 54.6 Å². The minimum atomic E-state index is -0.716. The maximum atomic E-state index is 13.9. The molecule has 0 unspecified atom stereocenters. The first kappa shape index (κ1) is 42.8. The van der Waals surface area contributed by atoms with E-state index >= 15 is 0 Å². The molecule has 4 N–H and O–H groups in total. The number of imidazole rings is 2. The van der Waals surface area contributed by atoms with Crippen molar-refractivity contribution in [2.45, 2.75) is 102 Å². The summed E-state index contributed by atoms with van der Waals surface area (Å²) in [7, 11) is 2.59. The lowest BCUT2D eigenvalue weighted by atomic mass is 10.0. The topological polar surface area (TPSA) is 196 Å². The zero-order valence-corrected chi connectivity index (χ0v) is 37.2. The Balaban J connectivity index is 1.00. The second kappa shape index (κ2) is 17.6. The number of rotatable bonds is 11. The third-order valence-electron chi connectivity index (χ3n) is 13.3. The van der Waals surface area contributed by atoms with Crippen LogP contribution in [0.1, 0.15) is 113 Å². The number of anilines is 1. The molecule has 3 fully saturated rings. The number of methoxy groups -OCH3 is 2. The third kappa shape index (κ3) is 8.00. The van der Waals surface area contributed by atoms with E-state index in [4.69, 9.17) is 28.9 Å². The fourth-order valence-electron chi connectivity index (χ4n) is 10.1. The number of H-pyrrole nitrogens is 2. The van der Waals surface area contributed by atoms with Gasteiger partial charge in [-0.05, 0) is 97.9 Å². The number of aromatic amines is 2. The molecule has 4 aliphatic rings. The first-order valence-electron chi connectivity index (χ1n) is 22.4. The Kier molecular flexibility index (Phi) is 11.7. The van der Waals surface area contributed by atoms with E-state index in [-0.39, 0.29) is 54.6 Å². The van der Waals surface area contributed by atoms with E-state index in [0.29, 0.717) is 24.6 Å². The number of amides is 4. The number of hydrogen-bond acceptors (Lipinski definition) is 11. The summed E-state index contributed by atoms with van der Waals surface area (Å²) in [5.41, 5.74) is 6.67. The Morgan fingerprint density at radius 3 is 1.59 bits per heavy atom. The van der Waals surface area contributed by atoms with Crippen LogP contribution in [0.25, 0.3) is 22.1 Å².